The summed E-state index contributed by atoms with van der Waals surface area (Å²) in [6.45, 7) is 2.74. The van der Waals surface area contributed by atoms with E-state index in [2.05, 4.69) is 65.7 Å². The van der Waals surface area contributed by atoms with Gasteiger partial charge in [-0.05, 0) is 19.1 Å². The van der Waals surface area contributed by atoms with Crippen LogP contribution in [0.3, 0.4) is 0 Å². The van der Waals surface area contributed by atoms with Crippen molar-refractivity contribution in [3.05, 3.63) is 93.0 Å². The van der Waals surface area contributed by atoms with E-state index < -0.39 is 0 Å². The van der Waals surface area contributed by atoms with Crippen molar-refractivity contribution in [2.45, 2.75) is 19.4 Å². The summed E-state index contributed by atoms with van der Waals surface area (Å²) in [6, 6.07) is 12.3. The minimum Gasteiger partial charge on any atom is -1.00 e. The number of allylic oxidation sites excluding steroid dienone is 8. The van der Waals surface area contributed by atoms with Gasteiger partial charge in [0.1, 0.15) is 0 Å². The summed E-state index contributed by atoms with van der Waals surface area (Å²) in [5.41, 5.74) is 5.02. The van der Waals surface area contributed by atoms with Gasteiger partial charge >= 0.3 is 98.9 Å². The zero-order valence-electron chi connectivity index (χ0n) is 14.1. The van der Waals surface area contributed by atoms with Gasteiger partial charge in [0.15, 0.2) is 0 Å². The van der Waals surface area contributed by atoms with Crippen LogP contribution in [0.4, 0.5) is 0 Å². The van der Waals surface area contributed by atoms with Crippen LogP contribution in [0.5, 0.6) is 0 Å². The van der Waals surface area contributed by atoms with Gasteiger partial charge in [-0.15, -0.1) is 0 Å². The molecule has 0 spiro atoms. The Bertz CT molecular complexity index is 746. The third kappa shape index (κ3) is 7.19. The van der Waals surface area contributed by atoms with Crippen molar-refractivity contribution >= 4 is 12.4 Å². The number of aliphatic imine (C=N–C) groups is 1. The van der Waals surface area contributed by atoms with Crippen LogP contribution in [0.25, 0.3) is 0 Å². The molecule has 0 unspecified atom stereocenters. The fraction of sp³-hybridized carbons (Fsp3) is 0.150. The third-order valence-corrected chi connectivity index (χ3v) is 11.6. The Morgan fingerprint density at radius 2 is 1.88 bits per heavy atom. The minimum absolute atomic E-state index is 0. The summed E-state index contributed by atoms with van der Waals surface area (Å²) in [4.78, 5) is 4.27. The molecular formula is C20H20Cl2NSiZr. The van der Waals surface area contributed by atoms with Gasteiger partial charge < -0.3 is 24.8 Å². The van der Waals surface area contributed by atoms with Crippen molar-refractivity contribution in [3.63, 3.8) is 0 Å². The van der Waals surface area contributed by atoms with Crippen LogP contribution in [0.15, 0.2) is 92.4 Å². The molecule has 0 amide bonds. The molecular weight excluding hydrogens is 444 g/mol. The molecule has 1 aromatic carbocycles. The summed E-state index contributed by atoms with van der Waals surface area (Å²) in [5.74, 6) is 0. The van der Waals surface area contributed by atoms with Crippen LogP contribution in [-0.2, 0) is 28.4 Å². The second-order valence-corrected chi connectivity index (χ2v) is 13.4. The first kappa shape index (κ1) is 22.3. The van der Waals surface area contributed by atoms with Crippen molar-refractivity contribution in [2.24, 2.45) is 4.99 Å². The summed E-state index contributed by atoms with van der Waals surface area (Å²) in [5, 5.41) is 0. The number of nitrogens with zero attached hydrogens (tertiary/aromatic N) is 1. The van der Waals surface area contributed by atoms with Gasteiger partial charge in [0.2, 0.25) is 0 Å². The summed E-state index contributed by atoms with van der Waals surface area (Å²) >= 11 is -0.145. The van der Waals surface area contributed by atoms with Gasteiger partial charge in [-0.2, -0.15) is 0 Å². The fourth-order valence-corrected chi connectivity index (χ4v) is 10.2. The first-order valence-corrected chi connectivity index (χ1v) is 14.8. The van der Waals surface area contributed by atoms with E-state index in [9.17, 15) is 0 Å². The maximum Gasteiger partial charge on any atom is 0.0705 e. The molecule has 5 heteroatoms. The Kier molecular flexibility index (Phi) is 10.5. The molecule has 0 fully saturated rings. The average molecular weight is 465 g/mol. The predicted octanol–water partition coefficient (Wildman–Crippen LogP) is -1.69. The molecule has 1 nitrogen and oxygen atoms in total. The zero-order chi connectivity index (χ0) is 15.9. The second-order valence-electron chi connectivity index (χ2n) is 5.63. The molecule has 0 atom stereocenters. The van der Waals surface area contributed by atoms with Crippen LogP contribution < -0.4 is 24.8 Å². The Morgan fingerprint density at radius 3 is 2.56 bits per heavy atom. The summed E-state index contributed by atoms with van der Waals surface area (Å²) in [6.07, 6.45) is 16.4. The summed E-state index contributed by atoms with van der Waals surface area (Å²) < 4.78 is 1.79. The molecule has 3 aliphatic rings. The van der Waals surface area contributed by atoms with Crippen LogP contribution in [0, 0.1) is 0 Å². The van der Waals surface area contributed by atoms with Gasteiger partial charge in [-0.1, -0.05) is 12.2 Å². The van der Waals surface area contributed by atoms with Gasteiger partial charge in [0.05, 0.1) is 5.70 Å². The molecule has 4 rings (SSSR count). The van der Waals surface area contributed by atoms with E-state index in [1.54, 1.807) is 3.28 Å². The molecule has 0 aromatic heterocycles. The normalized spacial score (nSPS) is 15.4. The van der Waals surface area contributed by atoms with Gasteiger partial charge in [-0.3, -0.25) is 4.99 Å². The molecule has 0 saturated heterocycles. The molecule has 0 N–H and O–H groups in total. The number of hydrogen-bond donors (Lipinski definition) is 0. The topological polar surface area (TPSA) is 12.4 Å². The smallest absolute Gasteiger partial charge is 0.0705 e. The average Bonchev–Trinajstić information content (AvgIpc) is 3.27. The first-order valence-electron chi connectivity index (χ1n) is 7.95. The molecule has 25 heavy (non-hydrogen) atoms. The molecule has 0 saturated carbocycles. The Hall–Kier alpha value is -0.730. The second kappa shape index (κ2) is 11.8. The van der Waals surface area contributed by atoms with Crippen molar-refractivity contribution in [2.75, 3.05) is 0 Å². The maximum absolute atomic E-state index is 4.27. The molecule has 1 heterocycles. The van der Waals surface area contributed by atoms with E-state index in [0.29, 0.717) is 0 Å². The quantitative estimate of drug-likeness (QED) is 0.472. The van der Waals surface area contributed by atoms with Crippen molar-refractivity contribution < 1.29 is 47.2 Å². The van der Waals surface area contributed by atoms with Gasteiger partial charge in [-0.25, -0.2) is 0 Å². The molecule has 0 bridgehead atoms. The molecule has 1 radical (unpaired) electrons. The van der Waals surface area contributed by atoms with Crippen molar-refractivity contribution in [1.82, 2.24) is 0 Å². The molecule has 2 aliphatic carbocycles. The third-order valence-electron chi connectivity index (χ3n) is 3.73. The van der Waals surface area contributed by atoms with E-state index in [1.807, 2.05) is 19.1 Å². The van der Waals surface area contributed by atoms with E-state index >= 15 is 0 Å². The van der Waals surface area contributed by atoms with E-state index in [0.717, 1.165) is 18.1 Å². The fourth-order valence-electron chi connectivity index (χ4n) is 2.56. The Morgan fingerprint density at radius 1 is 1.08 bits per heavy atom. The predicted molar refractivity (Wildman–Crippen MR) is 97.6 cm³/mol. The standard InChI is InChI=1S/C8H7N.C7H8Si.C5H5.2ClH.Zr/c1-6-5-7-3-2-4-8(7)9-6;8-6-7-4-2-1-3-5-7;1-2-4-5-3-1;;;/h2-5H,1H3;1-5,8H,6H2;1-3H,4H2;2*1H;/q;;;;;+2/p-2. The Labute approximate surface area is 176 Å². The molecule has 1 aliphatic heterocycles. The largest absolute Gasteiger partial charge is 1.00 e. The molecule has 1 aromatic rings. The molecule has 127 valence electrons. The van der Waals surface area contributed by atoms with E-state index in [1.165, 1.54) is 23.6 Å². The van der Waals surface area contributed by atoms with Crippen LogP contribution in [-0.4, -0.2) is 12.4 Å². The zero-order valence-corrected chi connectivity index (χ0v) is 19.2. The number of fused-ring (bicyclic) bond motifs is 1. The summed E-state index contributed by atoms with van der Waals surface area (Å²) in [7, 11) is 0. The number of benzene rings is 1. The number of halogens is 2. The van der Waals surface area contributed by atoms with Gasteiger partial charge in [0, 0.05) is 11.3 Å². The Balaban J connectivity index is 0.000000249. The van der Waals surface area contributed by atoms with Crippen molar-refractivity contribution in [1.29, 1.82) is 0 Å². The van der Waals surface area contributed by atoms with Crippen LogP contribution >= 0.6 is 0 Å². The number of hydrogen-bond acceptors (Lipinski definition) is 1. The van der Waals surface area contributed by atoms with E-state index in [4.69, 9.17) is 0 Å². The minimum atomic E-state index is -0.145. The SMILES string of the molecule is C1=CC[C]([Zr+2][SiH]Cc2ccccc2)=C1.CC1=NC2=CC=CC2=C1.[Cl-].[Cl-]. The maximum atomic E-state index is 4.27. The van der Waals surface area contributed by atoms with E-state index in [-0.39, 0.29) is 47.2 Å². The van der Waals surface area contributed by atoms with Gasteiger partial charge in [0.25, 0.3) is 0 Å². The monoisotopic (exact) mass is 462 g/mol. The van der Waals surface area contributed by atoms with Crippen LogP contribution in [0.2, 0.25) is 0 Å². The first-order chi connectivity index (χ1) is 11.3. The number of rotatable bonds is 4. The van der Waals surface area contributed by atoms with Crippen LogP contribution in [0.1, 0.15) is 18.9 Å². The van der Waals surface area contributed by atoms with Crippen molar-refractivity contribution in [3.8, 4) is 0 Å².